The Morgan fingerprint density at radius 1 is 1.62 bits per heavy atom. The molecule has 0 spiro atoms. The van der Waals surface area contributed by atoms with Crippen LogP contribution >= 0.6 is 0 Å². The van der Waals surface area contributed by atoms with Crippen LogP contribution < -0.4 is 0 Å². The maximum atomic E-state index is 9.36. The van der Waals surface area contributed by atoms with E-state index in [1.807, 2.05) is 6.92 Å². The summed E-state index contributed by atoms with van der Waals surface area (Å²) in [6.07, 6.45) is 3.19. The summed E-state index contributed by atoms with van der Waals surface area (Å²) in [5, 5.41) is 9.36. The SMILES string of the molecule is CC1CCC(C)(O)C1. The Labute approximate surface area is 50.7 Å². The molecular formula is C7H14O. The summed E-state index contributed by atoms with van der Waals surface area (Å²) in [6.45, 7) is 4.12. The zero-order chi connectivity index (χ0) is 6.20. The first kappa shape index (κ1) is 6.09. The van der Waals surface area contributed by atoms with Gasteiger partial charge in [-0.25, -0.2) is 0 Å². The first-order chi connectivity index (χ1) is 3.60. The largest absolute Gasteiger partial charge is 0.390 e. The minimum absolute atomic E-state index is 0.334. The van der Waals surface area contributed by atoms with E-state index in [-0.39, 0.29) is 5.60 Å². The zero-order valence-electron chi connectivity index (χ0n) is 5.65. The number of aliphatic hydroxyl groups is 1. The highest BCUT2D eigenvalue weighted by molar-refractivity contribution is 4.82. The third kappa shape index (κ3) is 1.22. The minimum atomic E-state index is -0.334. The van der Waals surface area contributed by atoms with Crippen molar-refractivity contribution in [3.63, 3.8) is 0 Å². The van der Waals surface area contributed by atoms with Crippen LogP contribution in [-0.2, 0) is 0 Å². The Hall–Kier alpha value is -0.0400. The Morgan fingerprint density at radius 3 is 2.38 bits per heavy atom. The van der Waals surface area contributed by atoms with Gasteiger partial charge in [0.2, 0.25) is 0 Å². The molecule has 0 amide bonds. The fourth-order valence-corrected chi connectivity index (χ4v) is 1.51. The molecule has 0 saturated heterocycles. The van der Waals surface area contributed by atoms with E-state index in [1.165, 1.54) is 6.42 Å². The molecule has 1 N–H and O–H groups in total. The molecule has 0 aliphatic heterocycles. The molecule has 1 aliphatic rings. The molecule has 0 heterocycles. The van der Waals surface area contributed by atoms with E-state index < -0.39 is 0 Å². The van der Waals surface area contributed by atoms with E-state index in [1.54, 1.807) is 0 Å². The molecular weight excluding hydrogens is 100 g/mol. The van der Waals surface area contributed by atoms with Gasteiger partial charge in [-0.3, -0.25) is 0 Å². The Balaban J connectivity index is 2.44. The van der Waals surface area contributed by atoms with Crippen molar-refractivity contribution in [3.8, 4) is 0 Å². The molecule has 1 nitrogen and oxygen atoms in total. The standard InChI is InChI=1S/C7H14O/c1-6-3-4-7(2,8)5-6/h6,8H,3-5H2,1-2H3. The van der Waals surface area contributed by atoms with Crippen molar-refractivity contribution >= 4 is 0 Å². The smallest absolute Gasteiger partial charge is 0.0622 e. The fourth-order valence-electron chi connectivity index (χ4n) is 1.51. The third-order valence-corrected chi connectivity index (χ3v) is 1.96. The second-order valence-corrected chi connectivity index (χ2v) is 3.34. The summed E-state index contributed by atoms with van der Waals surface area (Å²) in [5.41, 5.74) is -0.334. The van der Waals surface area contributed by atoms with Crippen LogP contribution in [0.4, 0.5) is 0 Å². The number of rotatable bonds is 0. The summed E-state index contributed by atoms with van der Waals surface area (Å²) in [4.78, 5) is 0. The average Bonchev–Trinajstić information content (AvgIpc) is 1.82. The van der Waals surface area contributed by atoms with Gasteiger partial charge in [0.05, 0.1) is 5.60 Å². The summed E-state index contributed by atoms with van der Waals surface area (Å²) >= 11 is 0. The number of hydrogen-bond donors (Lipinski definition) is 1. The van der Waals surface area contributed by atoms with Gasteiger partial charge in [0.25, 0.3) is 0 Å². The molecule has 0 bridgehead atoms. The van der Waals surface area contributed by atoms with Crippen LogP contribution in [0.15, 0.2) is 0 Å². The molecule has 2 atom stereocenters. The third-order valence-electron chi connectivity index (χ3n) is 1.96. The Kier molecular flexibility index (Phi) is 1.31. The molecule has 2 unspecified atom stereocenters. The molecule has 0 radical (unpaired) electrons. The maximum Gasteiger partial charge on any atom is 0.0622 e. The molecule has 1 aliphatic carbocycles. The van der Waals surface area contributed by atoms with E-state index in [4.69, 9.17) is 0 Å². The normalized spacial score (nSPS) is 47.6. The predicted octanol–water partition coefficient (Wildman–Crippen LogP) is 1.56. The van der Waals surface area contributed by atoms with E-state index in [2.05, 4.69) is 6.92 Å². The molecule has 1 heteroatoms. The lowest BCUT2D eigenvalue weighted by Crippen LogP contribution is -2.18. The topological polar surface area (TPSA) is 20.2 Å². The second kappa shape index (κ2) is 1.73. The highest BCUT2D eigenvalue weighted by Crippen LogP contribution is 2.33. The van der Waals surface area contributed by atoms with Crippen molar-refractivity contribution in [1.29, 1.82) is 0 Å². The van der Waals surface area contributed by atoms with Crippen molar-refractivity contribution in [3.05, 3.63) is 0 Å². The van der Waals surface area contributed by atoms with Crippen LogP contribution in [0, 0.1) is 5.92 Å². The van der Waals surface area contributed by atoms with Gasteiger partial charge in [0, 0.05) is 0 Å². The summed E-state index contributed by atoms with van der Waals surface area (Å²) < 4.78 is 0. The van der Waals surface area contributed by atoms with Crippen LogP contribution in [-0.4, -0.2) is 10.7 Å². The molecule has 1 rings (SSSR count). The second-order valence-electron chi connectivity index (χ2n) is 3.34. The molecule has 0 aromatic rings. The molecule has 8 heavy (non-hydrogen) atoms. The zero-order valence-corrected chi connectivity index (χ0v) is 5.65. The quantitative estimate of drug-likeness (QED) is 0.506. The molecule has 0 aromatic carbocycles. The van der Waals surface area contributed by atoms with Crippen LogP contribution in [0.2, 0.25) is 0 Å². The van der Waals surface area contributed by atoms with Gasteiger partial charge in [0.15, 0.2) is 0 Å². The van der Waals surface area contributed by atoms with Crippen LogP contribution in [0.25, 0.3) is 0 Å². The van der Waals surface area contributed by atoms with Crippen molar-refractivity contribution in [2.45, 2.75) is 38.7 Å². The van der Waals surface area contributed by atoms with Gasteiger partial charge in [-0.05, 0) is 32.1 Å². The van der Waals surface area contributed by atoms with E-state index in [9.17, 15) is 5.11 Å². The summed E-state index contributed by atoms with van der Waals surface area (Å²) in [6, 6.07) is 0. The lowest BCUT2D eigenvalue weighted by atomic mass is 10.0. The Morgan fingerprint density at radius 2 is 2.25 bits per heavy atom. The summed E-state index contributed by atoms with van der Waals surface area (Å²) in [5.74, 6) is 0.741. The van der Waals surface area contributed by atoms with Crippen LogP contribution in [0.5, 0.6) is 0 Å². The lowest BCUT2D eigenvalue weighted by molar-refractivity contribution is 0.0644. The first-order valence-corrected chi connectivity index (χ1v) is 3.32. The number of hydrogen-bond acceptors (Lipinski definition) is 1. The average molecular weight is 114 g/mol. The van der Waals surface area contributed by atoms with E-state index in [0.717, 1.165) is 18.8 Å². The van der Waals surface area contributed by atoms with Crippen molar-refractivity contribution in [2.24, 2.45) is 5.92 Å². The van der Waals surface area contributed by atoms with Crippen LogP contribution in [0.1, 0.15) is 33.1 Å². The monoisotopic (exact) mass is 114 g/mol. The molecule has 0 aromatic heterocycles. The lowest BCUT2D eigenvalue weighted by Gasteiger charge is -2.13. The molecule has 1 fully saturated rings. The van der Waals surface area contributed by atoms with E-state index in [0.29, 0.717) is 0 Å². The maximum absolute atomic E-state index is 9.36. The van der Waals surface area contributed by atoms with Gasteiger partial charge < -0.3 is 5.11 Å². The van der Waals surface area contributed by atoms with E-state index >= 15 is 0 Å². The predicted molar refractivity (Wildman–Crippen MR) is 33.6 cm³/mol. The van der Waals surface area contributed by atoms with Gasteiger partial charge in [0.1, 0.15) is 0 Å². The fraction of sp³-hybridized carbons (Fsp3) is 1.00. The highest BCUT2D eigenvalue weighted by Gasteiger charge is 2.29. The van der Waals surface area contributed by atoms with Crippen molar-refractivity contribution in [2.75, 3.05) is 0 Å². The van der Waals surface area contributed by atoms with Gasteiger partial charge in [-0.2, -0.15) is 0 Å². The van der Waals surface area contributed by atoms with Gasteiger partial charge in [-0.1, -0.05) is 6.92 Å². The van der Waals surface area contributed by atoms with Gasteiger partial charge in [-0.15, -0.1) is 0 Å². The molecule has 48 valence electrons. The van der Waals surface area contributed by atoms with Crippen molar-refractivity contribution < 1.29 is 5.11 Å². The Bertz CT molecular complexity index is 86.4. The first-order valence-electron chi connectivity index (χ1n) is 3.32. The van der Waals surface area contributed by atoms with Crippen molar-refractivity contribution in [1.82, 2.24) is 0 Å². The summed E-state index contributed by atoms with van der Waals surface area (Å²) in [7, 11) is 0. The minimum Gasteiger partial charge on any atom is -0.390 e. The van der Waals surface area contributed by atoms with Gasteiger partial charge >= 0.3 is 0 Å². The molecule has 1 saturated carbocycles. The van der Waals surface area contributed by atoms with Crippen LogP contribution in [0.3, 0.4) is 0 Å². The highest BCUT2D eigenvalue weighted by atomic mass is 16.3.